The molecule has 2 heterocycles. The minimum absolute atomic E-state index is 0.208. The number of benzene rings is 1. The first-order valence-electron chi connectivity index (χ1n) is 7.38. The second kappa shape index (κ2) is 5.73. The number of amides is 1. The van der Waals surface area contributed by atoms with Crippen LogP contribution < -0.4 is 10.6 Å². The topological polar surface area (TPSA) is 78.2 Å². The van der Waals surface area contributed by atoms with Gasteiger partial charge < -0.3 is 15.6 Å². The molecule has 0 aliphatic carbocycles. The molecule has 0 radical (unpaired) electrons. The van der Waals surface area contributed by atoms with Gasteiger partial charge in [-0.05, 0) is 25.5 Å². The molecule has 1 fully saturated rings. The zero-order valence-corrected chi connectivity index (χ0v) is 12.2. The highest BCUT2D eigenvalue weighted by Gasteiger charge is 2.23. The molecule has 1 saturated heterocycles. The van der Waals surface area contributed by atoms with Gasteiger partial charge in [0.1, 0.15) is 0 Å². The summed E-state index contributed by atoms with van der Waals surface area (Å²) < 4.78 is 0. The van der Waals surface area contributed by atoms with E-state index in [1.807, 2.05) is 31.2 Å². The molecule has 3 N–H and O–H groups in total. The van der Waals surface area contributed by atoms with Gasteiger partial charge in [-0.15, -0.1) is 0 Å². The Labute approximate surface area is 123 Å². The van der Waals surface area contributed by atoms with E-state index in [2.05, 4.69) is 19.8 Å². The summed E-state index contributed by atoms with van der Waals surface area (Å²) in [5.74, 6) is 0.650. The number of hydrogen-bond donors (Lipinski definition) is 2. The summed E-state index contributed by atoms with van der Waals surface area (Å²) in [5.41, 5.74) is 7.44. The zero-order valence-electron chi connectivity index (χ0n) is 12.2. The number of imidazole rings is 1. The van der Waals surface area contributed by atoms with E-state index in [9.17, 15) is 4.79 Å². The van der Waals surface area contributed by atoms with E-state index in [1.165, 1.54) is 0 Å². The Morgan fingerprint density at radius 1 is 1.29 bits per heavy atom. The second-order valence-corrected chi connectivity index (χ2v) is 5.53. The molecule has 3 rings (SSSR count). The van der Waals surface area contributed by atoms with Gasteiger partial charge in [-0.2, -0.15) is 0 Å². The molecule has 21 heavy (non-hydrogen) atoms. The number of carbonyl (C=O) groups is 1. The van der Waals surface area contributed by atoms with Crippen molar-refractivity contribution in [3.63, 3.8) is 0 Å². The van der Waals surface area contributed by atoms with Crippen molar-refractivity contribution in [1.29, 1.82) is 0 Å². The van der Waals surface area contributed by atoms with Gasteiger partial charge in [-0.3, -0.25) is 9.69 Å². The third-order valence-corrected chi connectivity index (χ3v) is 4.17. The van der Waals surface area contributed by atoms with Crippen LogP contribution in [-0.2, 0) is 4.79 Å². The summed E-state index contributed by atoms with van der Waals surface area (Å²) in [6, 6.07) is 7.83. The maximum atomic E-state index is 11.3. The largest absolute Gasteiger partial charge is 0.368 e. The van der Waals surface area contributed by atoms with Crippen molar-refractivity contribution >= 4 is 22.9 Å². The van der Waals surface area contributed by atoms with Crippen LogP contribution in [0.5, 0.6) is 0 Å². The quantitative estimate of drug-likeness (QED) is 0.881. The molecule has 1 amide bonds. The summed E-state index contributed by atoms with van der Waals surface area (Å²) in [4.78, 5) is 23.7. The highest BCUT2D eigenvalue weighted by Crippen LogP contribution is 2.18. The predicted molar refractivity (Wildman–Crippen MR) is 83.2 cm³/mol. The van der Waals surface area contributed by atoms with Crippen molar-refractivity contribution in [2.75, 3.05) is 31.1 Å². The molecule has 0 spiro atoms. The number of nitrogens with zero attached hydrogens (tertiary/aromatic N) is 3. The normalized spacial score (nSPS) is 18.6. The Morgan fingerprint density at radius 3 is 2.86 bits per heavy atom. The number of nitrogens with one attached hydrogen (secondary N) is 1. The highest BCUT2D eigenvalue weighted by atomic mass is 16.1. The van der Waals surface area contributed by atoms with Crippen LogP contribution in [0.4, 0.5) is 5.95 Å². The summed E-state index contributed by atoms with van der Waals surface area (Å²) in [6.07, 6.45) is 0.995. The number of carbonyl (C=O) groups excluding carboxylic acids is 1. The molecule has 1 atom stereocenters. The molecular weight excluding hydrogens is 266 g/mol. The highest BCUT2D eigenvalue weighted by molar-refractivity contribution is 5.79. The lowest BCUT2D eigenvalue weighted by Crippen LogP contribution is -2.44. The number of para-hydroxylation sites is 2. The summed E-state index contributed by atoms with van der Waals surface area (Å²) >= 11 is 0. The molecule has 0 bridgehead atoms. The fourth-order valence-electron chi connectivity index (χ4n) is 2.81. The molecule has 1 aliphatic rings. The van der Waals surface area contributed by atoms with E-state index in [1.54, 1.807) is 0 Å². The lowest BCUT2D eigenvalue weighted by Gasteiger charge is -2.25. The molecule has 6 heteroatoms. The van der Waals surface area contributed by atoms with Gasteiger partial charge in [0.05, 0.1) is 17.1 Å². The standard InChI is InChI=1S/C15H21N5O/c1-11(14(16)21)19-7-4-8-20(10-9-19)15-17-12-5-2-3-6-13(12)18-15/h2-3,5-6,11H,4,7-10H2,1H3,(H2,16,21)(H,17,18)/t11-/m1/s1. The van der Waals surface area contributed by atoms with Crippen LogP contribution in [0.2, 0.25) is 0 Å². The number of nitrogens with two attached hydrogens (primary N) is 1. The van der Waals surface area contributed by atoms with Crippen LogP contribution >= 0.6 is 0 Å². The number of fused-ring (bicyclic) bond motifs is 1. The SMILES string of the molecule is C[C@H](C(N)=O)N1CCCN(c2nc3ccccc3[nH]2)CC1. The number of H-pyrrole nitrogens is 1. The van der Waals surface area contributed by atoms with E-state index in [4.69, 9.17) is 5.73 Å². The summed E-state index contributed by atoms with van der Waals surface area (Å²) in [6.45, 7) is 5.36. The van der Waals surface area contributed by atoms with Crippen LogP contribution in [0.3, 0.4) is 0 Å². The van der Waals surface area contributed by atoms with Crippen LogP contribution in [0, 0.1) is 0 Å². The molecule has 1 aliphatic heterocycles. The maximum absolute atomic E-state index is 11.3. The lowest BCUT2D eigenvalue weighted by atomic mass is 10.2. The van der Waals surface area contributed by atoms with Gasteiger partial charge in [0.2, 0.25) is 11.9 Å². The molecule has 0 saturated carbocycles. The number of hydrogen-bond acceptors (Lipinski definition) is 4. The first-order valence-corrected chi connectivity index (χ1v) is 7.38. The Bertz CT molecular complexity index is 605. The molecule has 0 unspecified atom stereocenters. The molecule has 1 aromatic carbocycles. The molecule has 112 valence electrons. The van der Waals surface area contributed by atoms with E-state index in [0.29, 0.717) is 0 Å². The minimum Gasteiger partial charge on any atom is -0.368 e. The number of primary amides is 1. The summed E-state index contributed by atoms with van der Waals surface area (Å²) in [5, 5.41) is 0. The van der Waals surface area contributed by atoms with Crippen molar-refractivity contribution in [1.82, 2.24) is 14.9 Å². The lowest BCUT2D eigenvalue weighted by molar-refractivity contribution is -0.122. The van der Waals surface area contributed by atoms with Crippen molar-refractivity contribution in [3.8, 4) is 0 Å². The molecule has 6 nitrogen and oxygen atoms in total. The van der Waals surface area contributed by atoms with Crippen molar-refractivity contribution in [2.24, 2.45) is 5.73 Å². The number of anilines is 1. The maximum Gasteiger partial charge on any atom is 0.234 e. The monoisotopic (exact) mass is 287 g/mol. The number of aromatic amines is 1. The van der Waals surface area contributed by atoms with E-state index in [0.717, 1.165) is 49.6 Å². The summed E-state index contributed by atoms with van der Waals surface area (Å²) in [7, 11) is 0. The number of aromatic nitrogens is 2. The van der Waals surface area contributed by atoms with Gasteiger partial charge in [0, 0.05) is 26.2 Å². The van der Waals surface area contributed by atoms with Gasteiger partial charge in [0.25, 0.3) is 0 Å². The van der Waals surface area contributed by atoms with Crippen LogP contribution in [0.15, 0.2) is 24.3 Å². The van der Waals surface area contributed by atoms with Crippen molar-refractivity contribution in [3.05, 3.63) is 24.3 Å². The van der Waals surface area contributed by atoms with Gasteiger partial charge >= 0.3 is 0 Å². The Hall–Kier alpha value is -2.08. The molecule has 1 aromatic heterocycles. The third-order valence-electron chi connectivity index (χ3n) is 4.17. The second-order valence-electron chi connectivity index (χ2n) is 5.53. The third kappa shape index (κ3) is 2.85. The smallest absolute Gasteiger partial charge is 0.234 e. The van der Waals surface area contributed by atoms with E-state index < -0.39 is 0 Å². The fourth-order valence-corrected chi connectivity index (χ4v) is 2.81. The zero-order chi connectivity index (χ0) is 14.8. The van der Waals surface area contributed by atoms with E-state index in [-0.39, 0.29) is 11.9 Å². The Balaban J connectivity index is 1.74. The first-order chi connectivity index (χ1) is 10.1. The van der Waals surface area contributed by atoms with Gasteiger partial charge in [0.15, 0.2) is 0 Å². The fraction of sp³-hybridized carbons (Fsp3) is 0.467. The molecule has 2 aromatic rings. The first kappa shape index (κ1) is 13.9. The Kier molecular flexibility index (Phi) is 3.79. The molecular formula is C15H21N5O. The average Bonchev–Trinajstić information content (AvgIpc) is 2.76. The van der Waals surface area contributed by atoms with Crippen LogP contribution in [-0.4, -0.2) is 53.0 Å². The number of rotatable bonds is 3. The van der Waals surface area contributed by atoms with Gasteiger partial charge in [-0.25, -0.2) is 4.98 Å². The average molecular weight is 287 g/mol. The van der Waals surface area contributed by atoms with Gasteiger partial charge in [-0.1, -0.05) is 12.1 Å². The van der Waals surface area contributed by atoms with Crippen LogP contribution in [0.25, 0.3) is 11.0 Å². The Morgan fingerprint density at radius 2 is 2.10 bits per heavy atom. The predicted octanol–water partition coefficient (Wildman–Crippen LogP) is 0.949. The van der Waals surface area contributed by atoms with E-state index >= 15 is 0 Å². The van der Waals surface area contributed by atoms with Crippen LogP contribution in [0.1, 0.15) is 13.3 Å². The van der Waals surface area contributed by atoms with Crippen molar-refractivity contribution < 1.29 is 4.79 Å². The minimum atomic E-state index is -0.257. The van der Waals surface area contributed by atoms with Crippen molar-refractivity contribution in [2.45, 2.75) is 19.4 Å².